The number of thiophene rings is 1. The second kappa shape index (κ2) is 7.06. The molecule has 2 aromatic heterocycles. The maximum atomic E-state index is 12.3. The maximum Gasteiger partial charge on any atom is 0.267 e. The van der Waals surface area contributed by atoms with E-state index in [2.05, 4.69) is 36.3 Å². The number of amides is 1. The third kappa shape index (κ3) is 3.86. The number of nitrogens with zero attached hydrogens (tertiary/aromatic N) is 1. The van der Waals surface area contributed by atoms with E-state index in [1.165, 1.54) is 27.3 Å². The van der Waals surface area contributed by atoms with Crippen molar-refractivity contribution in [2.45, 2.75) is 26.7 Å². The summed E-state index contributed by atoms with van der Waals surface area (Å²) < 4.78 is 0. The van der Waals surface area contributed by atoms with Crippen LogP contribution in [-0.4, -0.2) is 10.9 Å². The van der Waals surface area contributed by atoms with Crippen molar-refractivity contribution in [3.63, 3.8) is 0 Å². The number of nitrogens with one attached hydrogen (secondary N) is 1. The average Bonchev–Trinajstić information content (AvgIpc) is 3.14. The van der Waals surface area contributed by atoms with Crippen LogP contribution in [0.4, 0.5) is 5.13 Å². The third-order valence-corrected chi connectivity index (χ3v) is 5.62. The van der Waals surface area contributed by atoms with E-state index >= 15 is 0 Å². The van der Waals surface area contributed by atoms with Gasteiger partial charge in [0.05, 0.1) is 4.88 Å². The maximum absolute atomic E-state index is 12.3. The Labute approximate surface area is 144 Å². The predicted molar refractivity (Wildman–Crippen MR) is 97.7 cm³/mol. The van der Waals surface area contributed by atoms with Gasteiger partial charge < -0.3 is 0 Å². The number of benzene rings is 1. The van der Waals surface area contributed by atoms with Crippen molar-refractivity contribution >= 4 is 33.7 Å². The van der Waals surface area contributed by atoms with Gasteiger partial charge in [-0.05, 0) is 30.5 Å². The summed E-state index contributed by atoms with van der Waals surface area (Å²) in [6.07, 6.45) is 3.63. The Bertz CT molecular complexity index is 806. The van der Waals surface area contributed by atoms with Gasteiger partial charge in [0.15, 0.2) is 5.13 Å². The Kier molecular flexibility index (Phi) is 4.88. The summed E-state index contributed by atoms with van der Waals surface area (Å²) in [4.78, 5) is 19.7. The van der Waals surface area contributed by atoms with Crippen LogP contribution in [0.1, 0.15) is 37.5 Å². The van der Waals surface area contributed by atoms with Gasteiger partial charge in [-0.25, -0.2) is 4.98 Å². The van der Waals surface area contributed by atoms with Crippen molar-refractivity contribution in [3.8, 4) is 0 Å². The fraction of sp³-hybridized carbons (Fsp3) is 0.222. The van der Waals surface area contributed by atoms with Gasteiger partial charge in [0, 0.05) is 22.4 Å². The number of aryl methyl sites for hydroxylation is 2. The molecule has 1 N–H and O–H groups in total. The Morgan fingerprint density at radius 3 is 2.70 bits per heavy atom. The molecule has 0 radical (unpaired) electrons. The molecule has 5 heteroatoms. The largest absolute Gasteiger partial charge is 0.297 e. The lowest BCUT2D eigenvalue weighted by Crippen LogP contribution is -2.09. The lowest BCUT2D eigenvalue weighted by atomic mass is 10.1. The highest BCUT2D eigenvalue weighted by molar-refractivity contribution is 7.16. The second-order valence-corrected chi connectivity index (χ2v) is 7.67. The van der Waals surface area contributed by atoms with E-state index in [1.54, 1.807) is 11.3 Å². The molecule has 0 aliphatic carbocycles. The summed E-state index contributed by atoms with van der Waals surface area (Å²) in [6.45, 7) is 4.16. The van der Waals surface area contributed by atoms with Gasteiger partial charge in [0.1, 0.15) is 0 Å². The molecule has 23 heavy (non-hydrogen) atoms. The number of rotatable bonds is 5. The molecule has 1 amide bonds. The molecule has 0 atom stereocenters. The highest BCUT2D eigenvalue weighted by atomic mass is 32.1. The first-order chi connectivity index (χ1) is 11.2. The SMILES string of the molecule is CCc1cc(C(=O)Nc2ncc(Cc3ccccc3)s2)sc1C. The molecule has 2 heterocycles. The van der Waals surface area contributed by atoms with Crippen molar-refractivity contribution in [2.24, 2.45) is 0 Å². The summed E-state index contributed by atoms with van der Waals surface area (Å²) in [5.41, 5.74) is 2.49. The molecule has 1 aromatic carbocycles. The fourth-order valence-corrected chi connectivity index (χ4v) is 4.24. The lowest BCUT2D eigenvalue weighted by molar-refractivity contribution is 0.103. The van der Waals surface area contributed by atoms with Crippen LogP contribution in [0, 0.1) is 6.92 Å². The van der Waals surface area contributed by atoms with Gasteiger partial charge in [0.25, 0.3) is 5.91 Å². The van der Waals surface area contributed by atoms with E-state index in [1.807, 2.05) is 30.5 Å². The van der Waals surface area contributed by atoms with E-state index < -0.39 is 0 Å². The standard InChI is InChI=1S/C18H18N2OS2/c1-3-14-10-16(22-12(14)2)17(21)20-18-19-11-15(23-18)9-13-7-5-4-6-8-13/h4-8,10-11H,3,9H2,1-2H3,(H,19,20,21). The minimum absolute atomic E-state index is 0.0709. The fourth-order valence-electron chi connectivity index (χ4n) is 2.39. The van der Waals surface area contributed by atoms with Gasteiger partial charge >= 0.3 is 0 Å². The molecule has 0 fully saturated rings. The molecule has 0 spiro atoms. The number of anilines is 1. The number of aromatic nitrogens is 1. The number of hydrogen-bond acceptors (Lipinski definition) is 4. The van der Waals surface area contributed by atoms with E-state index in [4.69, 9.17) is 0 Å². The number of hydrogen-bond donors (Lipinski definition) is 1. The third-order valence-electron chi connectivity index (χ3n) is 3.62. The Hall–Kier alpha value is -1.98. The molecule has 0 saturated heterocycles. The molecular weight excluding hydrogens is 324 g/mol. The number of thiazole rings is 1. The van der Waals surface area contributed by atoms with Crippen molar-refractivity contribution in [1.82, 2.24) is 4.98 Å². The van der Waals surface area contributed by atoms with Crippen LogP contribution in [0.15, 0.2) is 42.6 Å². The molecule has 118 valence electrons. The van der Waals surface area contributed by atoms with E-state index in [9.17, 15) is 4.79 Å². The zero-order chi connectivity index (χ0) is 16.2. The minimum Gasteiger partial charge on any atom is -0.297 e. The van der Waals surface area contributed by atoms with Crippen LogP contribution in [0.2, 0.25) is 0 Å². The summed E-state index contributed by atoms with van der Waals surface area (Å²) in [5.74, 6) is -0.0709. The van der Waals surface area contributed by atoms with Crippen LogP contribution < -0.4 is 5.32 Å². The van der Waals surface area contributed by atoms with Crippen molar-refractivity contribution < 1.29 is 4.79 Å². The van der Waals surface area contributed by atoms with Crippen molar-refractivity contribution in [3.05, 3.63) is 68.4 Å². The van der Waals surface area contributed by atoms with Gasteiger partial charge in [0.2, 0.25) is 0 Å². The molecule has 3 aromatic rings. The normalized spacial score (nSPS) is 10.7. The average molecular weight is 342 g/mol. The monoisotopic (exact) mass is 342 g/mol. The summed E-state index contributed by atoms with van der Waals surface area (Å²) >= 11 is 3.07. The molecule has 0 aliphatic rings. The number of carbonyl (C=O) groups is 1. The smallest absolute Gasteiger partial charge is 0.267 e. The minimum atomic E-state index is -0.0709. The summed E-state index contributed by atoms with van der Waals surface area (Å²) in [6, 6.07) is 12.2. The van der Waals surface area contributed by atoms with Crippen LogP contribution in [0.3, 0.4) is 0 Å². The Balaban J connectivity index is 1.67. The van der Waals surface area contributed by atoms with Crippen LogP contribution >= 0.6 is 22.7 Å². The van der Waals surface area contributed by atoms with Crippen LogP contribution in [0.25, 0.3) is 0 Å². The lowest BCUT2D eigenvalue weighted by Gasteiger charge is -1.98. The first kappa shape index (κ1) is 15.9. The molecule has 3 nitrogen and oxygen atoms in total. The van der Waals surface area contributed by atoms with Gasteiger partial charge in [-0.3, -0.25) is 10.1 Å². The predicted octanol–water partition coefficient (Wildman–Crippen LogP) is 4.92. The number of carbonyl (C=O) groups excluding carboxylic acids is 1. The van der Waals surface area contributed by atoms with E-state index in [-0.39, 0.29) is 5.91 Å². The zero-order valence-electron chi connectivity index (χ0n) is 13.1. The highest BCUT2D eigenvalue weighted by Gasteiger charge is 2.13. The Morgan fingerprint density at radius 1 is 1.22 bits per heavy atom. The first-order valence-electron chi connectivity index (χ1n) is 7.55. The van der Waals surface area contributed by atoms with E-state index in [0.717, 1.165) is 22.6 Å². The highest BCUT2D eigenvalue weighted by Crippen LogP contribution is 2.25. The second-order valence-electron chi connectivity index (χ2n) is 5.29. The summed E-state index contributed by atoms with van der Waals surface area (Å²) in [7, 11) is 0. The Morgan fingerprint density at radius 2 is 2.00 bits per heavy atom. The topological polar surface area (TPSA) is 42.0 Å². The molecular formula is C18H18N2OS2. The van der Waals surface area contributed by atoms with Crippen molar-refractivity contribution in [2.75, 3.05) is 5.32 Å². The van der Waals surface area contributed by atoms with Crippen LogP contribution in [-0.2, 0) is 12.8 Å². The van der Waals surface area contributed by atoms with Crippen LogP contribution in [0.5, 0.6) is 0 Å². The molecule has 3 rings (SSSR count). The molecule has 0 aliphatic heterocycles. The van der Waals surface area contributed by atoms with Gasteiger partial charge in [-0.2, -0.15) is 0 Å². The van der Waals surface area contributed by atoms with Crippen molar-refractivity contribution in [1.29, 1.82) is 0 Å². The molecule has 0 bridgehead atoms. The summed E-state index contributed by atoms with van der Waals surface area (Å²) in [5, 5.41) is 3.57. The van der Waals surface area contributed by atoms with Gasteiger partial charge in [-0.1, -0.05) is 37.3 Å². The van der Waals surface area contributed by atoms with E-state index in [0.29, 0.717) is 5.13 Å². The van der Waals surface area contributed by atoms with Gasteiger partial charge in [-0.15, -0.1) is 22.7 Å². The quantitative estimate of drug-likeness (QED) is 0.715. The zero-order valence-corrected chi connectivity index (χ0v) is 14.8. The first-order valence-corrected chi connectivity index (χ1v) is 9.18. The molecule has 0 saturated carbocycles. The molecule has 0 unspecified atom stereocenters.